The molecule has 0 aromatic carbocycles. The van der Waals surface area contributed by atoms with Crippen LogP contribution in [0.15, 0.2) is 6.07 Å². The Kier molecular flexibility index (Phi) is 3.97. The highest BCUT2D eigenvalue weighted by Crippen LogP contribution is 2.22. The molecule has 0 aliphatic rings. The van der Waals surface area contributed by atoms with Crippen molar-refractivity contribution in [1.29, 1.82) is 0 Å². The Labute approximate surface area is 101 Å². The summed E-state index contributed by atoms with van der Waals surface area (Å²) < 4.78 is 5.09. The van der Waals surface area contributed by atoms with Crippen LogP contribution in [0.3, 0.4) is 0 Å². The van der Waals surface area contributed by atoms with Crippen LogP contribution < -0.4 is 10.1 Å². The summed E-state index contributed by atoms with van der Waals surface area (Å²) in [7, 11) is 1.58. The van der Waals surface area contributed by atoms with Crippen LogP contribution in [-0.2, 0) is 0 Å². The molecule has 1 atom stereocenters. The molecule has 1 aromatic heterocycles. The van der Waals surface area contributed by atoms with E-state index < -0.39 is 0 Å². The predicted molar refractivity (Wildman–Crippen MR) is 66.3 cm³/mol. The Bertz CT molecular complexity index is 366. The number of nitrogens with one attached hydrogen (secondary N) is 1. The first-order chi connectivity index (χ1) is 7.35. The zero-order chi connectivity index (χ0) is 12.3. The minimum Gasteiger partial charge on any atom is -0.481 e. The molecule has 0 radical (unpaired) electrons. The van der Waals surface area contributed by atoms with Crippen molar-refractivity contribution in [3.05, 3.63) is 11.9 Å². The van der Waals surface area contributed by atoms with Gasteiger partial charge in [-0.1, -0.05) is 0 Å². The zero-order valence-corrected chi connectivity index (χ0v) is 11.1. The highest BCUT2D eigenvalue weighted by Gasteiger charge is 2.24. The van der Waals surface area contributed by atoms with Gasteiger partial charge in [-0.25, -0.2) is 4.98 Å². The summed E-state index contributed by atoms with van der Waals surface area (Å²) >= 11 is 6.10. The molecule has 1 heterocycles. The molecular formula is C11H18ClN3O. The summed E-state index contributed by atoms with van der Waals surface area (Å²) in [4.78, 5) is 8.41. The second-order valence-corrected chi connectivity index (χ2v) is 4.96. The van der Waals surface area contributed by atoms with Gasteiger partial charge in [0.15, 0.2) is 0 Å². The maximum Gasteiger partial charge on any atom is 0.218 e. The summed E-state index contributed by atoms with van der Waals surface area (Å²) in [5.41, 5.74) is -0.243. The molecule has 90 valence electrons. The smallest absolute Gasteiger partial charge is 0.218 e. The molecule has 0 amide bonds. The monoisotopic (exact) mass is 243 g/mol. The van der Waals surface area contributed by atoms with Gasteiger partial charge in [0.05, 0.1) is 12.5 Å². The lowest BCUT2D eigenvalue weighted by molar-refractivity contribution is 0.395. The number of hydrogen-bond acceptors (Lipinski definition) is 4. The molecule has 1 N–H and O–H groups in total. The number of ether oxygens (including phenoxy) is 1. The Morgan fingerprint density at radius 2 is 2.06 bits per heavy atom. The standard InChI is InChI=1S/C11H18ClN3O/c1-7(12)11(3,4)15-9-6-10(16-5)14-8(2)13-9/h6-7H,1-5H3,(H,13,14,15). The van der Waals surface area contributed by atoms with E-state index in [0.717, 1.165) is 5.82 Å². The summed E-state index contributed by atoms with van der Waals surface area (Å²) in [6.45, 7) is 7.81. The van der Waals surface area contributed by atoms with Gasteiger partial charge in [-0.2, -0.15) is 4.98 Å². The van der Waals surface area contributed by atoms with Crippen LogP contribution in [-0.4, -0.2) is 28.0 Å². The molecule has 1 unspecified atom stereocenters. The number of methoxy groups -OCH3 is 1. The fourth-order valence-corrected chi connectivity index (χ4v) is 1.19. The lowest BCUT2D eigenvalue weighted by Crippen LogP contribution is -2.39. The van der Waals surface area contributed by atoms with E-state index >= 15 is 0 Å². The number of halogens is 1. The quantitative estimate of drug-likeness (QED) is 0.826. The fourth-order valence-electron chi connectivity index (χ4n) is 1.14. The van der Waals surface area contributed by atoms with Crippen molar-refractivity contribution >= 4 is 17.4 Å². The molecule has 0 aliphatic heterocycles. The van der Waals surface area contributed by atoms with Gasteiger partial charge in [-0.15, -0.1) is 11.6 Å². The third kappa shape index (κ3) is 3.23. The van der Waals surface area contributed by atoms with E-state index in [4.69, 9.17) is 16.3 Å². The second-order valence-electron chi connectivity index (χ2n) is 4.31. The van der Waals surface area contributed by atoms with E-state index in [1.807, 2.05) is 27.7 Å². The number of aryl methyl sites for hydroxylation is 1. The lowest BCUT2D eigenvalue weighted by atomic mass is 10.0. The predicted octanol–water partition coefficient (Wildman–Crippen LogP) is 2.61. The zero-order valence-electron chi connectivity index (χ0n) is 10.3. The van der Waals surface area contributed by atoms with Gasteiger partial charge in [0, 0.05) is 11.6 Å². The van der Waals surface area contributed by atoms with Crippen molar-refractivity contribution in [3.8, 4) is 5.88 Å². The maximum absolute atomic E-state index is 6.10. The number of aromatic nitrogens is 2. The number of nitrogens with zero attached hydrogens (tertiary/aromatic N) is 2. The molecule has 0 spiro atoms. The topological polar surface area (TPSA) is 47.0 Å². The first kappa shape index (κ1) is 13.0. The van der Waals surface area contributed by atoms with Crippen molar-refractivity contribution in [2.75, 3.05) is 12.4 Å². The number of alkyl halides is 1. The summed E-state index contributed by atoms with van der Waals surface area (Å²) in [6.07, 6.45) is 0. The average molecular weight is 244 g/mol. The normalized spacial score (nSPS) is 13.4. The number of anilines is 1. The van der Waals surface area contributed by atoms with Crippen LogP contribution in [0.2, 0.25) is 0 Å². The van der Waals surface area contributed by atoms with E-state index in [-0.39, 0.29) is 10.9 Å². The second kappa shape index (κ2) is 4.87. The molecule has 1 rings (SSSR count). The maximum atomic E-state index is 6.10. The van der Waals surface area contributed by atoms with Gasteiger partial charge in [0.1, 0.15) is 11.6 Å². The Balaban J connectivity index is 2.93. The third-order valence-electron chi connectivity index (χ3n) is 2.47. The van der Waals surface area contributed by atoms with E-state index in [1.54, 1.807) is 13.2 Å². The van der Waals surface area contributed by atoms with Gasteiger partial charge >= 0.3 is 0 Å². The summed E-state index contributed by atoms with van der Waals surface area (Å²) in [6, 6.07) is 1.76. The first-order valence-electron chi connectivity index (χ1n) is 5.17. The Morgan fingerprint density at radius 3 is 2.56 bits per heavy atom. The van der Waals surface area contributed by atoms with Crippen molar-refractivity contribution in [3.63, 3.8) is 0 Å². The molecule has 5 heteroatoms. The largest absolute Gasteiger partial charge is 0.481 e. The highest BCUT2D eigenvalue weighted by atomic mass is 35.5. The van der Waals surface area contributed by atoms with E-state index in [1.165, 1.54) is 0 Å². The molecule has 0 saturated heterocycles. The van der Waals surface area contributed by atoms with Crippen LogP contribution in [0.25, 0.3) is 0 Å². The van der Waals surface area contributed by atoms with E-state index in [9.17, 15) is 0 Å². The fraction of sp³-hybridized carbons (Fsp3) is 0.636. The number of hydrogen-bond donors (Lipinski definition) is 1. The minimum absolute atomic E-state index is 0.0197. The molecule has 0 bridgehead atoms. The summed E-state index contributed by atoms with van der Waals surface area (Å²) in [5, 5.41) is 3.25. The van der Waals surface area contributed by atoms with Crippen LogP contribution in [0.5, 0.6) is 5.88 Å². The Morgan fingerprint density at radius 1 is 1.44 bits per heavy atom. The molecular weight excluding hydrogens is 226 g/mol. The minimum atomic E-state index is -0.243. The van der Waals surface area contributed by atoms with Crippen LogP contribution in [0, 0.1) is 6.92 Å². The van der Waals surface area contributed by atoms with Gasteiger partial charge in [-0.3, -0.25) is 0 Å². The molecule has 0 aliphatic carbocycles. The number of rotatable bonds is 4. The van der Waals surface area contributed by atoms with Gasteiger partial charge in [0.25, 0.3) is 0 Å². The van der Waals surface area contributed by atoms with Crippen molar-refractivity contribution in [2.24, 2.45) is 0 Å². The lowest BCUT2D eigenvalue weighted by Gasteiger charge is -2.29. The molecule has 0 saturated carbocycles. The molecule has 1 aromatic rings. The van der Waals surface area contributed by atoms with Crippen molar-refractivity contribution in [2.45, 2.75) is 38.6 Å². The molecule has 4 nitrogen and oxygen atoms in total. The van der Waals surface area contributed by atoms with E-state index in [2.05, 4.69) is 15.3 Å². The van der Waals surface area contributed by atoms with Crippen LogP contribution in [0.4, 0.5) is 5.82 Å². The SMILES string of the molecule is COc1cc(NC(C)(C)C(C)Cl)nc(C)n1. The van der Waals surface area contributed by atoms with Crippen LogP contribution in [0.1, 0.15) is 26.6 Å². The van der Waals surface area contributed by atoms with Gasteiger partial charge in [-0.05, 0) is 27.7 Å². The van der Waals surface area contributed by atoms with Gasteiger partial charge < -0.3 is 10.1 Å². The van der Waals surface area contributed by atoms with Crippen LogP contribution >= 0.6 is 11.6 Å². The molecule has 16 heavy (non-hydrogen) atoms. The van der Waals surface area contributed by atoms with E-state index in [0.29, 0.717) is 11.7 Å². The average Bonchev–Trinajstić information content (AvgIpc) is 2.15. The highest BCUT2D eigenvalue weighted by molar-refractivity contribution is 6.21. The summed E-state index contributed by atoms with van der Waals surface area (Å²) in [5.74, 6) is 1.94. The Hall–Kier alpha value is -1.03. The van der Waals surface area contributed by atoms with Crippen molar-refractivity contribution < 1.29 is 4.74 Å². The van der Waals surface area contributed by atoms with Gasteiger partial charge in [0.2, 0.25) is 5.88 Å². The first-order valence-corrected chi connectivity index (χ1v) is 5.60. The third-order valence-corrected chi connectivity index (χ3v) is 3.01. The van der Waals surface area contributed by atoms with Crippen molar-refractivity contribution in [1.82, 2.24) is 9.97 Å². The molecule has 0 fully saturated rings.